The van der Waals surface area contributed by atoms with Crippen molar-refractivity contribution < 1.29 is 19.4 Å². The average molecular weight is 452 g/mol. The van der Waals surface area contributed by atoms with Gasteiger partial charge in [0.25, 0.3) is 0 Å². The number of aryl methyl sites for hydroxylation is 1. The lowest BCUT2D eigenvalue weighted by Crippen LogP contribution is -2.48. The molecule has 29 heavy (non-hydrogen) atoms. The molecule has 4 rings (SSSR count). The predicted molar refractivity (Wildman–Crippen MR) is 109 cm³/mol. The van der Waals surface area contributed by atoms with Crippen molar-refractivity contribution in [2.75, 3.05) is 26.3 Å². The topological polar surface area (TPSA) is 118 Å². The number of hydrogen-bond donors (Lipinski definition) is 2. The van der Waals surface area contributed by atoms with Crippen LogP contribution in [0, 0.1) is 0 Å². The van der Waals surface area contributed by atoms with E-state index in [0.29, 0.717) is 39.1 Å². The van der Waals surface area contributed by atoms with Gasteiger partial charge in [-0.15, -0.1) is 21.5 Å². The third kappa shape index (κ3) is 5.28. The molecular weight excluding hydrogens is 434 g/mol. The molecule has 0 atom stereocenters. The highest BCUT2D eigenvalue weighted by Gasteiger charge is 2.15. The molecule has 2 N–H and O–H groups in total. The molecule has 1 saturated heterocycles. The number of aromatic carboxylic acids is 1. The average Bonchev–Trinajstić information content (AvgIpc) is 3.32. The van der Waals surface area contributed by atoms with Gasteiger partial charge in [-0.1, -0.05) is 11.3 Å². The molecule has 3 aromatic rings. The van der Waals surface area contributed by atoms with E-state index in [1.54, 1.807) is 18.2 Å². The van der Waals surface area contributed by atoms with Gasteiger partial charge in [-0.05, 0) is 30.0 Å². The number of carbonyl (C=O) groups is 2. The van der Waals surface area contributed by atoms with Crippen molar-refractivity contribution in [3.63, 3.8) is 0 Å². The standard InChI is InChI=1S/C17H17N5O4S3/c23-13(21-22-5-7-26-8-6-22)3-4-14-19-20-17(28-14)29-16-18-11-2-1-10(15(24)25)9-12(11)27-16/h1-2,9H,3-8H2,(H,21,23)(H,24,25). The highest BCUT2D eigenvalue weighted by molar-refractivity contribution is 8.02. The Morgan fingerprint density at radius 3 is 2.83 bits per heavy atom. The fourth-order valence-electron chi connectivity index (χ4n) is 2.66. The van der Waals surface area contributed by atoms with E-state index in [2.05, 4.69) is 20.6 Å². The Kier molecular flexibility index (Phi) is 6.35. The molecule has 0 bridgehead atoms. The summed E-state index contributed by atoms with van der Waals surface area (Å²) in [5.41, 5.74) is 3.88. The van der Waals surface area contributed by atoms with Crippen LogP contribution in [0.3, 0.4) is 0 Å². The summed E-state index contributed by atoms with van der Waals surface area (Å²) in [6.07, 6.45) is 0.867. The largest absolute Gasteiger partial charge is 0.478 e. The normalized spacial score (nSPS) is 14.9. The van der Waals surface area contributed by atoms with Crippen LogP contribution in [0.25, 0.3) is 10.2 Å². The summed E-state index contributed by atoms with van der Waals surface area (Å²) in [7, 11) is 0. The lowest BCUT2D eigenvalue weighted by Gasteiger charge is -2.26. The molecule has 1 fully saturated rings. The molecule has 9 nitrogen and oxygen atoms in total. The molecule has 2 aromatic heterocycles. The first-order chi connectivity index (χ1) is 14.1. The Labute approximate surface area is 178 Å². The van der Waals surface area contributed by atoms with Crippen LogP contribution in [0.2, 0.25) is 0 Å². The van der Waals surface area contributed by atoms with Gasteiger partial charge < -0.3 is 9.84 Å². The number of carboxylic acids is 1. The maximum Gasteiger partial charge on any atom is 0.335 e. The van der Waals surface area contributed by atoms with Gasteiger partial charge in [-0.25, -0.2) is 14.8 Å². The molecule has 0 aliphatic carbocycles. The van der Waals surface area contributed by atoms with E-state index in [0.717, 1.165) is 23.9 Å². The number of rotatable bonds is 7. The van der Waals surface area contributed by atoms with Gasteiger partial charge in [0, 0.05) is 25.9 Å². The van der Waals surface area contributed by atoms with Crippen LogP contribution in [-0.2, 0) is 16.0 Å². The third-order valence-corrected chi connectivity index (χ3v) is 7.21. The van der Waals surface area contributed by atoms with Crippen LogP contribution in [0.4, 0.5) is 0 Å². The Morgan fingerprint density at radius 2 is 2.03 bits per heavy atom. The van der Waals surface area contributed by atoms with Gasteiger partial charge in [0.05, 0.1) is 29.0 Å². The number of carbonyl (C=O) groups excluding carboxylic acids is 1. The van der Waals surface area contributed by atoms with E-state index < -0.39 is 5.97 Å². The maximum atomic E-state index is 12.1. The number of hydrazine groups is 1. The molecule has 1 aliphatic rings. The monoisotopic (exact) mass is 451 g/mol. The molecular formula is C17H17N5O4S3. The number of aromatic nitrogens is 3. The lowest BCUT2D eigenvalue weighted by atomic mass is 10.2. The zero-order valence-corrected chi connectivity index (χ0v) is 17.6. The summed E-state index contributed by atoms with van der Waals surface area (Å²) < 4.78 is 7.59. The summed E-state index contributed by atoms with van der Waals surface area (Å²) in [6.45, 7) is 2.64. The molecule has 0 radical (unpaired) electrons. The SMILES string of the molecule is O=C(CCc1nnc(Sc2nc3ccc(C(=O)O)cc3s2)s1)NN1CCOCC1. The molecule has 3 heterocycles. The minimum Gasteiger partial charge on any atom is -0.478 e. The first-order valence-electron chi connectivity index (χ1n) is 8.83. The van der Waals surface area contributed by atoms with Gasteiger partial charge in [0.1, 0.15) is 5.01 Å². The van der Waals surface area contributed by atoms with Gasteiger partial charge >= 0.3 is 5.97 Å². The molecule has 0 unspecified atom stereocenters. The van der Waals surface area contributed by atoms with Crippen LogP contribution in [-0.4, -0.2) is 63.5 Å². The van der Waals surface area contributed by atoms with Gasteiger partial charge in [-0.2, -0.15) is 0 Å². The van der Waals surface area contributed by atoms with Crippen molar-refractivity contribution in [2.24, 2.45) is 0 Å². The zero-order chi connectivity index (χ0) is 20.2. The molecule has 1 amide bonds. The van der Waals surface area contributed by atoms with Crippen molar-refractivity contribution in [2.45, 2.75) is 21.5 Å². The number of fused-ring (bicyclic) bond motifs is 1. The Balaban J connectivity index is 1.32. The van der Waals surface area contributed by atoms with Crippen LogP contribution >= 0.6 is 34.4 Å². The third-order valence-electron chi connectivity index (χ3n) is 4.10. The van der Waals surface area contributed by atoms with E-state index in [-0.39, 0.29) is 11.5 Å². The number of thiazole rings is 1. The molecule has 152 valence electrons. The van der Waals surface area contributed by atoms with Crippen LogP contribution in [0.5, 0.6) is 0 Å². The second-order valence-corrected chi connectivity index (χ2v) is 9.75. The number of carboxylic acid groups (broad SMARTS) is 1. The minimum absolute atomic E-state index is 0.0447. The van der Waals surface area contributed by atoms with Crippen molar-refractivity contribution in [3.05, 3.63) is 28.8 Å². The van der Waals surface area contributed by atoms with Crippen molar-refractivity contribution in [1.82, 2.24) is 25.6 Å². The highest BCUT2D eigenvalue weighted by Crippen LogP contribution is 2.36. The first-order valence-corrected chi connectivity index (χ1v) is 11.3. The number of ether oxygens (including phenoxy) is 1. The van der Waals surface area contributed by atoms with E-state index in [1.807, 2.05) is 5.01 Å². The van der Waals surface area contributed by atoms with E-state index in [9.17, 15) is 9.59 Å². The molecule has 0 saturated carbocycles. The number of benzene rings is 1. The highest BCUT2D eigenvalue weighted by atomic mass is 32.2. The minimum atomic E-state index is -0.957. The summed E-state index contributed by atoms with van der Waals surface area (Å²) in [4.78, 5) is 27.7. The molecule has 12 heteroatoms. The Morgan fingerprint density at radius 1 is 1.21 bits per heavy atom. The van der Waals surface area contributed by atoms with Crippen LogP contribution < -0.4 is 5.43 Å². The quantitative estimate of drug-likeness (QED) is 0.558. The van der Waals surface area contributed by atoms with Crippen LogP contribution in [0.15, 0.2) is 26.9 Å². The maximum absolute atomic E-state index is 12.1. The van der Waals surface area contributed by atoms with E-state index in [1.165, 1.54) is 34.4 Å². The van der Waals surface area contributed by atoms with Crippen LogP contribution in [0.1, 0.15) is 21.8 Å². The number of amides is 1. The lowest BCUT2D eigenvalue weighted by molar-refractivity contribution is -0.127. The Bertz CT molecular complexity index is 1030. The predicted octanol–water partition coefficient (Wildman–Crippen LogP) is 2.29. The molecule has 1 aliphatic heterocycles. The van der Waals surface area contributed by atoms with E-state index in [4.69, 9.17) is 9.84 Å². The number of hydrogen-bond acceptors (Lipinski definition) is 10. The second-order valence-electron chi connectivity index (χ2n) is 6.17. The number of nitrogens with one attached hydrogen (secondary N) is 1. The summed E-state index contributed by atoms with van der Waals surface area (Å²) >= 11 is 4.24. The zero-order valence-electron chi connectivity index (χ0n) is 15.2. The van der Waals surface area contributed by atoms with Gasteiger partial charge in [-0.3, -0.25) is 10.2 Å². The van der Waals surface area contributed by atoms with E-state index >= 15 is 0 Å². The fraction of sp³-hybridized carbons (Fsp3) is 0.353. The van der Waals surface area contributed by atoms with Crippen molar-refractivity contribution >= 4 is 56.5 Å². The summed E-state index contributed by atoms with van der Waals surface area (Å²) in [6, 6.07) is 4.87. The molecule has 0 spiro atoms. The van der Waals surface area contributed by atoms with Crippen molar-refractivity contribution in [3.8, 4) is 0 Å². The first kappa shape index (κ1) is 20.2. The number of morpholine rings is 1. The number of nitrogens with zero attached hydrogens (tertiary/aromatic N) is 4. The van der Waals surface area contributed by atoms with Gasteiger partial charge in [0.2, 0.25) is 5.91 Å². The molecule has 1 aromatic carbocycles. The smallest absolute Gasteiger partial charge is 0.335 e. The Hall–Kier alpha value is -2.12. The summed E-state index contributed by atoms with van der Waals surface area (Å²) in [5, 5.41) is 20.1. The second kappa shape index (κ2) is 9.13. The van der Waals surface area contributed by atoms with Gasteiger partial charge in [0.15, 0.2) is 8.68 Å². The summed E-state index contributed by atoms with van der Waals surface area (Å²) in [5.74, 6) is -1.00. The fourth-order valence-corrected chi connectivity index (χ4v) is 5.87. The van der Waals surface area contributed by atoms with Crippen molar-refractivity contribution in [1.29, 1.82) is 0 Å².